The van der Waals surface area contributed by atoms with Gasteiger partial charge in [0.1, 0.15) is 0 Å². The molecule has 1 heterocycles. The fourth-order valence-electron chi connectivity index (χ4n) is 2.46. The van der Waals surface area contributed by atoms with Crippen LogP contribution < -0.4 is 5.43 Å². The minimum Gasteiger partial charge on any atom is -0.278 e. The lowest BCUT2D eigenvalue weighted by molar-refractivity contribution is -0.384. The number of anilines is 1. The fourth-order valence-corrected chi connectivity index (χ4v) is 2.46. The molecule has 1 N–H and O–H groups in total. The topological polar surface area (TPSA) is 80.4 Å². The number of aromatic nitrogens is 1. The predicted molar refractivity (Wildman–Crippen MR) is 95.5 cm³/mol. The lowest BCUT2D eigenvalue weighted by atomic mass is 10.1. The molecule has 0 aliphatic rings. The van der Waals surface area contributed by atoms with Crippen LogP contribution in [-0.4, -0.2) is 16.1 Å². The van der Waals surface area contributed by atoms with Crippen LogP contribution in [0.1, 0.15) is 16.8 Å². The number of nitro benzene ring substituents is 1. The van der Waals surface area contributed by atoms with Crippen molar-refractivity contribution in [3.05, 3.63) is 75.5 Å². The highest BCUT2D eigenvalue weighted by Crippen LogP contribution is 2.24. The molecule has 0 unspecified atom stereocenters. The van der Waals surface area contributed by atoms with E-state index in [2.05, 4.69) is 15.5 Å². The molecule has 0 amide bonds. The normalized spacial score (nSPS) is 11.1. The summed E-state index contributed by atoms with van der Waals surface area (Å²) in [6.45, 7) is 3.95. The minimum atomic E-state index is -0.424. The molecule has 0 saturated heterocycles. The van der Waals surface area contributed by atoms with E-state index >= 15 is 0 Å². The first kappa shape index (κ1) is 15.6. The van der Waals surface area contributed by atoms with Gasteiger partial charge in [0.05, 0.1) is 22.3 Å². The molecule has 0 atom stereocenters. The number of hydrogen-bond acceptors (Lipinski definition) is 5. The Balaban J connectivity index is 1.88. The molecular formula is C18H16N4O2. The highest BCUT2D eigenvalue weighted by atomic mass is 16.6. The van der Waals surface area contributed by atoms with Crippen molar-refractivity contribution >= 4 is 28.5 Å². The van der Waals surface area contributed by atoms with Gasteiger partial charge in [-0.25, -0.2) is 0 Å². The second-order valence-corrected chi connectivity index (χ2v) is 5.55. The molecule has 3 rings (SSSR count). The van der Waals surface area contributed by atoms with Crippen molar-refractivity contribution in [2.75, 3.05) is 5.43 Å². The maximum Gasteiger partial charge on any atom is 0.270 e. The van der Waals surface area contributed by atoms with E-state index in [0.29, 0.717) is 5.56 Å². The smallest absolute Gasteiger partial charge is 0.270 e. The number of non-ortho nitro benzene ring substituents is 1. The van der Waals surface area contributed by atoms with Gasteiger partial charge in [0.2, 0.25) is 0 Å². The van der Waals surface area contributed by atoms with Crippen LogP contribution in [0.2, 0.25) is 0 Å². The van der Waals surface area contributed by atoms with E-state index in [1.165, 1.54) is 12.1 Å². The number of benzene rings is 2. The third-order valence-corrected chi connectivity index (χ3v) is 3.57. The highest BCUT2D eigenvalue weighted by Gasteiger charge is 2.05. The summed E-state index contributed by atoms with van der Waals surface area (Å²) in [4.78, 5) is 14.9. The molecule has 1 aromatic heterocycles. The zero-order chi connectivity index (χ0) is 17.1. The number of nitro groups is 1. The number of pyridine rings is 1. The first-order valence-corrected chi connectivity index (χ1v) is 7.44. The van der Waals surface area contributed by atoms with Crippen LogP contribution in [0.25, 0.3) is 10.9 Å². The third-order valence-electron chi connectivity index (χ3n) is 3.57. The maximum atomic E-state index is 10.8. The Morgan fingerprint density at radius 3 is 2.79 bits per heavy atom. The summed E-state index contributed by atoms with van der Waals surface area (Å²) in [6, 6.07) is 14.3. The van der Waals surface area contributed by atoms with Crippen LogP contribution in [0, 0.1) is 24.0 Å². The summed E-state index contributed by atoms with van der Waals surface area (Å²) in [5.74, 6) is 0. The molecule has 120 valence electrons. The molecule has 0 fully saturated rings. The van der Waals surface area contributed by atoms with Gasteiger partial charge < -0.3 is 0 Å². The third kappa shape index (κ3) is 3.38. The van der Waals surface area contributed by atoms with Crippen molar-refractivity contribution in [3.8, 4) is 0 Å². The van der Waals surface area contributed by atoms with Crippen molar-refractivity contribution in [2.24, 2.45) is 5.10 Å². The van der Waals surface area contributed by atoms with Gasteiger partial charge in [-0.15, -0.1) is 0 Å². The van der Waals surface area contributed by atoms with Gasteiger partial charge in [0.15, 0.2) is 0 Å². The number of hydrazone groups is 1. The minimum absolute atomic E-state index is 0.0413. The summed E-state index contributed by atoms with van der Waals surface area (Å²) < 4.78 is 0. The molecule has 0 aliphatic heterocycles. The number of aryl methyl sites for hydroxylation is 2. The monoisotopic (exact) mass is 320 g/mol. The molecule has 0 spiro atoms. The number of hydrogen-bond donors (Lipinski definition) is 1. The Bertz CT molecular complexity index is 946. The fraction of sp³-hybridized carbons (Fsp3) is 0.111. The highest BCUT2D eigenvalue weighted by molar-refractivity contribution is 5.92. The Morgan fingerprint density at radius 1 is 1.17 bits per heavy atom. The summed E-state index contributed by atoms with van der Waals surface area (Å²) in [7, 11) is 0. The standard InChI is InChI=1S/C18H16N4O2/c1-12-6-7-16-17(8-12)20-13(2)9-18(16)21-19-11-14-4-3-5-15(10-14)22(23)24/h3-11H,1-2H3,(H,20,21). The molecule has 0 radical (unpaired) electrons. The van der Waals surface area contributed by atoms with Crippen LogP contribution in [-0.2, 0) is 0 Å². The van der Waals surface area contributed by atoms with E-state index in [1.807, 2.05) is 38.1 Å². The lowest BCUT2D eigenvalue weighted by Gasteiger charge is -2.07. The Kier molecular flexibility index (Phi) is 4.20. The van der Waals surface area contributed by atoms with E-state index in [1.54, 1.807) is 18.3 Å². The summed E-state index contributed by atoms with van der Waals surface area (Å²) >= 11 is 0. The molecule has 6 heteroatoms. The summed E-state index contributed by atoms with van der Waals surface area (Å²) in [5.41, 5.74) is 7.49. The van der Waals surface area contributed by atoms with Gasteiger partial charge in [-0.3, -0.25) is 20.5 Å². The quantitative estimate of drug-likeness (QED) is 0.443. The zero-order valence-corrected chi connectivity index (χ0v) is 13.4. The second-order valence-electron chi connectivity index (χ2n) is 5.55. The molecular weight excluding hydrogens is 304 g/mol. The van der Waals surface area contributed by atoms with E-state index in [9.17, 15) is 10.1 Å². The Labute approximate surface area is 139 Å². The van der Waals surface area contributed by atoms with Gasteiger partial charge in [0, 0.05) is 28.8 Å². The maximum absolute atomic E-state index is 10.8. The molecule has 0 bridgehead atoms. The number of nitrogens with zero attached hydrogens (tertiary/aromatic N) is 3. The van der Waals surface area contributed by atoms with E-state index in [0.717, 1.165) is 27.8 Å². The zero-order valence-electron chi connectivity index (χ0n) is 13.4. The second kappa shape index (κ2) is 6.45. The summed E-state index contributed by atoms with van der Waals surface area (Å²) in [5, 5.41) is 16.0. The Morgan fingerprint density at radius 2 is 2.00 bits per heavy atom. The van der Waals surface area contributed by atoms with Crippen LogP contribution in [0.3, 0.4) is 0 Å². The van der Waals surface area contributed by atoms with Crippen LogP contribution in [0.5, 0.6) is 0 Å². The molecule has 6 nitrogen and oxygen atoms in total. The van der Waals surface area contributed by atoms with Crippen molar-refractivity contribution in [1.82, 2.24) is 4.98 Å². The lowest BCUT2D eigenvalue weighted by Crippen LogP contribution is -1.95. The van der Waals surface area contributed by atoms with E-state index in [-0.39, 0.29) is 5.69 Å². The molecule has 3 aromatic rings. The van der Waals surface area contributed by atoms with Crippen molar-refractivity contribution in [1.29, 1.82) is 0 Å². The van der Waals surface area contributed by atoms with E-state index < -0.39 is 4.92 Å². The van der Waals surface area contributed by atoms with Crippen molar-refractivity contribution < 1.29 is 4.92 Å². The SMILES string of the molecule is Cc1ccc2c(NN=Cc3cccc([N+](=O)[O-])c3)cc(C)nc2c1. The van der Waals surface area contributed by atoms with Gasteiger partial charge in [-0.2, -0.15) is 5.10 Å². The average Bonchev–Trinajstić information content (AvgIpc) is 2.54. The number of fused-ring (bicyclic) bond motifs is 1. The molecule has 0 saturated carbocycles. The van der Waals surface area contributed by atoms with Crippen molar-refractivity contribution in [3.63, 3.8) is 0 Å². The average molecular weight is 320 g/mol. The van der Waals surface area contributed by atoms with Gasteiger partial charge in [-0.1, -0.05) is 24.3 Å². The molecule has 24 heavy (non-hydrogen) atoms. The van der Waals surface area contributed by atoms with Gasteiger partial charge in [-0.05, 0) is 31.5 Å². The summed E-state index contributed by atoms with van der Waals surface area (Å²) in [6.07, 6.45) is 1.56. The van der Waals surface area contributed by atoms with Crippen LogP contribution in [0.4, 0.5) is 11.4 Å². The van der Waals surface area contributed by atoms with E-state index in [4.69, 9.17) is 0 Å². The van der Waals surface area contributed by atoms with Crippen molar-refractivity contribution in [2.45, 2.75) is 13.8 Å². The largest absolute Gasteiger partial charge is 0.278 e. The number of nitrogens with one attached hydrogen (secondary N) is 1. The predicted octanol–water partition coefficient (Wildman–Crippen LogP) is 4.21. The van der Waals surface area contributed by atoms with Crippen LogP contribution in [0.15, 0.2) is 53.6 Å². The van der Waals surface area contributed by atoms with Crippen LogP contribution >= 0.6 is 0 Å². The number of rotatable bonds is 4. The van der Waals surface area contributed by atoms with Gasteiger partial charge in [0.25, 0.3) is 5.69 Å². The first-order chi connectivity index (χ1) is 11.5. The first-order valence-electron chi connectivity index (χ1n) is 7.44. The molecule has 2 aromatic carbocycles. The molecule has 0 aliphatic carbocycles. The van der Waals surface area contributed by atoms with Gasteiger partial charge >= 0.3 is 0 Å². The Hall–Kier alpha value is -3.28.